The van der Waals surface area contributed by atoms with Crippen LogP contribution >= 0.6 is 23.2 Å². The fourth-order valence-electron chi connectivity index (χ4n) is 3.22. The van der Waals surface area contributed by atoms with Crippen molar-refractivity contribution in [2.24, 2.45) is 0 Å². The lowest BCUT2D eigenvalue weighted by Gasteiger charge is -2.33. The summed E-state index contributed by atoms with van der Waals surface area (Å²) in [5.41, 5.74) is 3.11. The smallest absolute Gasteiger partial charge is 0.178 e. The molecular formula is C18H19Cl2NO2S. The second-order valence-electron chi connectivity index (χ2n) is 6.18. The Morgan fingerprint density at radius 3 is 2.67 bits per heavy atom. The van der Waals surface area contributed by atoms with E-state index in [2.05, 4.69) is 4.90 Å². The Balaban J connectivity index is 2.13. The molecule has 0 radical (unpaired) electrons. The molecular weight excluding hydrogens is 365 g/mol. The van der Waals surface area contributed by atoms with Gasteiger partial charge in [-0.15, -0.1) is 0 Å². The second-order valence-corrected chi connectivity index (χ2v) is 9.30. The van der Waals surface area contributed by atoms with E-state index in [0.29, 0.717) is 14.9 Å². The van der Waals surface area contributed by atoms with E-state index < -0.39 is 9.84 Å². The monoisotopic (exact) mass is 383 g/mol. The fraction of sp³-hybridized carbons (Fsp3) is 0.333. The van der Waals surface area contributed by atoms with Gasteiger partial charge in [0.2, 0.25) is 0 Å². The summed E-state index contributed by atoms with van der Waals surface area (Å²) >= 11 is 12.6. The number of likely N-dealkylation sites (N-methyl/N-ethyl adjacent to an activating group) is 1. The van der Waals surface area contributed by atoms with Crippen LogP contribution in [0.3, 0.4) is 0 Å². The van der Waals surface area contributed by atoms with Gasteiger partial charge in [-0.25, -0.2) is 8.42 Å². The van der Waals surface area contributed by atoms with E-state index in [9.17, 15) is 8.42 Å². The standard InChI is InChI=1S/C18H19Cl2NO2S/c1-3-24(22,23)14-6-4-5-12(7-14)16-10-21(2)11-17-15(16)8-13(19)9-18(17)20/h4-9,16H,3,10-11H2,1-2H3/t16-/m0/s1. The molecule has 0 bridgehead atoms. The molecule has 3 nitrogen and oxygen atoms in total. The summed E-state index contributed by atoms with van der Waals surface area (Å²) in [5.74, 6) is 0.136. The first-order valence-electron chi connectivity index (χ1n) is 7.81. The molecule has 0 aromatic heterocycles. The minimum Gasteiger partial charge on any atom is -0.301 e. The molecule has 24 heavy (non-hydrogen) atoms. The van der Waals surface area contributed by atoms with Crippen LogP contribution < -0.4 is 0 Å². The fourth-order valence-corrected chi connectivity index (χ4v) is 4.73. The molecule has 1 atom stereocenters. The maximum atomic E-state index is 12.2. The second kappa shape index (κ2) is 6.68. The average molecular weight is 384 g/mol. The van der Waals surface area contributed by atoms with Crippen molar-refractivity contribution in [2.75, 3.05) is 19.3 Å². The first kappa shape index (κ1) is 17.7. The van der Waals surface area contributed by atoms with Crippen molar-refractivity contribution in [3.05, 3.63) is 63.1 Å². The highest BCUT2D eigenvalue weighted by Gasteiger charge is 2.27. The zero-order chi connectivity index (χ0) is 17.5. The molecule has 1 aliphatic rings. The predicted molar refractivity (Wildman–Crippen MR) is 98.8 cm³/mol. The van der Waals surface area contributed by atoms with Gasteiger partial charge in [-0.3, -0.25) is 0 Å². The number of rotatable bonds is 3. The van der Waals surface area contributed by atoms with E-state index in [0.717, 1.165) is 29.8 Å². The van der Waals surface area contributed by atoms with Crippen LogP contribution in [0.1, 0.15) is 29.5 Å². The van der Waals surface area contributed by atoms with Crippen molar-refractivity contribution in [1.82, 2.24) is 4.90 Å². The average Bonchev–Trinajstić information content (AvgIpc) is 2.55. The van der Waals surface area contributed by atoms with Crippen molar-refractivity contribution in [3.63, 3.8) is 0 Å². The number of hydrogen-bond donors (Lipinski definition) is 0. The summed E-state index contributed by atoms with van der Waals surface area (Å²) in [7, 11) is -1.20. The van der Waals surface area contributed by atoms with Gasteiger partial charge in [0.15, 0.2) is 9.84 Å². The molecule has 1 heterocycles. The Labute approximate surface area is 153 Å². The van der Waals surface area contributed by atoms with Gasteiger partial charge >= 0.3 is 0 Å². The number of fused-ring (bicyclic) bond motifs is 1. The van der Waals surface area contributed by atoms with Crippen LogP contribution in [0.25, 0.3) is 0 Å². The lowest BCUT2D eigenvalue weighted by molar-refractivity contribution is 0.295. The topological polar surface area (TPSA) is 37.4 Å². The van der Waals surface area contributed by atoms with Crippen molar-refractivity contribution >= 4 is 33.0 Å². The zero-order valence-corrected chi connectivity index (χ0v) is 15.9. The van der Waals surface area contributed by atoms with Crippen molar-refractivity contribution in [3.8, 4) is 0 Å². The lowest BCUT2D eigenvalue weighted by atomic mass is 9.85. The van der Waals surface area contributed by atoms with Gasteiger partial charge in [-0.1, -0.05) is 42.3 Å². The highest BCUT2D eigenvalue weighted by atomic mass is 35.5. The van der Waals surface area contributed by atoms with Crippen molar-refractivity contribution in [1.29, 1.82) is 0 Å². The first-order valence-corrected chi connectivity index (χ1v) is 10.2. The maximum absolute atomic E-state index is 12.2. The predicted octanol–water partition coefficient (Wildman–Crippen LogP) is 4.36. The minimum atomic E-state index is -3.23. The molecule has 0 saturated heterocycles. The van der Waals surface area contributed by atoms with Crippen LogP contribution in [-0.4, -0.2) is 32.7 Å². The zero-order valence-electron chi connectivity index (χ0n) is 13.6. The van der Waals surface area contributed by atoms with Crippen LogP contribution in [0.2, 0.25) is 10.0 Å². The van der Waals surface area contributed by atoms with Crippen LogP contribution in [0.4, 0.5) is 0 Å². The molecule has 3 rings (SSSR count). The van der Waals surface area contributed by atoms with E-state index in [1.165, 1.54) is 0 Å². The summed E-state index contributed by atoms with van der Waals surface area (Å²) < 4.78 is 24.4. The van der Waals surface area contributed by atoms with Crippen molar-refractivity contribution < 1.29 is 8.42 Å². The van der Waals surface area contributed by atoms with Gasteiger partial charge < -0.3 is 4.90 Å². The molecule has 0 spiro atoms. The highest BCUT2D eigenvalue weighted by molar-refractivity contribution is 7.91. The molecule has 0 N–H and O–H groups in total. The number of benzene rings is 2. The molecule has 0 amide bonds. The molecule has 0 unspecified atom stereocenters. The van der Waals surface area contributed by atoms with Gasteiger partial charge in [-0.2, -0.15) is 0 Å². The SMILES string of the molecule is CCS(=O)(=O)c1cccc([C@@H]2CN(C)Cc3c(Cl)cc(Cl)cc32)c1. The summed E-state index contributed by atoms with van der Waals surface area (Å²) in [4.78, 5) is 2.55. The van der Waals surface area contributed by atoms with Gasteiger partial charge in [0.1, 0.15) is 0 Å². The van der Waals surface area contributed by atoms with E-state index in [-0.39, 0.29) is 11.7 Å². The summed E-state index contributed by atoms with van der Waals surface area (Å²) in [6.45, 7) is 3.21. The van der Waals surface area contributed by atoms with E-state index >= 15 is 0 Å². The molecule has 6 heteroatoms. The quantitative estimate of drug-likeness (QED) is 0.789. The number of hydrogen-bond acceptors (Lipinski definition) is 3. The summed E-state index contributed by atoms with van der Waals surface area (Å²) in [6.07, 6.45) is 0. The molecule has 0 fully saturated rings. The molecule has 0 saturated carbocycles. The highest BCUT2D eigenvalue weighted by Crippen LogP contribution is 2.38. The third-order valence-electron chi connectivity index (χ3n) is 4.49. The van der Waals surface area contributed by atoms with Crippen LogP contribution in [-0.2, 0) is 16.4 Å². The number of sulfone groups is 1. The molecule has 1 aliphatic heterocycles. The maximum Gasteiger partial charge on any atom is 0.178 e. The number of halogens is 2. The lowest BCUT2D eigenvalue weighted by Crippen LogP contribution is -2.31. The van der Waals surface area contributed by atoms with Crippen molar-refractivity contribution in [2.45, 2.75) is 24.3 Å². The normalized spacial score (nSPS) is 18.4. The first-order chi connectivity index (χ1) is 11.3. The molecule has 0 aliphatic carbocycles. The largest absolute Gasteiger partial charge is 0.301 e. The Morgan fingerprint density at radius 2 is 1.96 bits per heavy atom. The van der Waals surface area contributed by atoms with Gasteiger partial charge in [-0.05, 0) is 48.0 Å². The third kappa shape index (κ3) is 3.33. The molecule has 2 aromatic carbocycles. The molecule has 128 valence electrons. The summed E-state index contributed by atoms with van der Waals surface area (Å²) in [6, 6.07) is 10.9. The van der Waals surface area contributed by atoms with E-state index in [1.54, 1.807) is 31.2 Å². The Kier molecular flexibility index (Phi) is 4.94. The van der Waals surface area contributed by atoms with Gasteiger partial charge in [0, 0.05) is 29.1 Å². The van der Waals surface area contributed by atoms with Crippen LogP contribution in [0.5, 0.6) is 0 Å². The third-order valence-corrected chi connectivity index (χ3v) is 6.78. The van der Waals surface area contributed by atoms with Crippen LogP contribution in [0.15, 0.2) is 41.3 Å². The number of nitrogens with zero attached hydrogens (tertiary/aromatic N) is 1. The van der Waals surface area contributed by atoms with E-state index in [1.807, 2.05) is 19.2 Å². The summed E-state index contributed by atoms with van der Waals surface area (Å²) in [5, 5.41) is 1.26. The molecule has 2 aromatic rings. The van der Waals surface area contributed by atoms with Gasteiger partial charge in [0.25, 0.3) is 0 Å². The van der Waals surface area contributed by atoms with Crippen LogP contribution in [0, 0.1) is 0 Å². The minimum absolute atomic E-state index is 0.0435. The van der Waals surface area contributed by atoms with Gasteiger partial charge in [0.05, 0.1) is 10.6 Å². The Bertz CT molecular complexity index is 881. The van der Waals surface area contributed by atoms with E-state index in [4.69, 9.17) is 23.2 Å². The Hall–Kier alpha value is -1.07. The Morgan fingerprint density at radius 1 is 1.21 bits per heavy atom.